The largest absolute Gasteiger partial charge is 0.545 e. The van der Waals surface area contributed by atoms with Gasteiger partial charge in [0.2, 0.25) is 5.78 Å². The number of aromatic carboxylic acids is 1. The number of carbonyl (C=O) groups excluding carboxylic acids is 2. The van der Waals surface area contributed by atoms with Crippen molar-refractivity contribution in [3.05, 3.63) is 65.3 Å². The molecule has 0 aliphatic heterocycles. The third-order valence-corrected chi connectivity index (χ3v) is 3.16. The number of furan rings is 1. The molecule has 1 heterocycles. The fourth-order valence-electron chi connectivity index (χ4n) is 2.03. The van der Waals surface area contributed by atoms with Crippen LogP contribution in [-0.4, -0.2) is 11.8 Å². The molecule has 0 saturated carbocycles. The summed E-state index contributed by atoms with van der Waals surface area (Å²) in [5, 5.41) is 13.8. The van der Waals surface area contributed by atoms with Crippen LogP contribution in [0.1, 0.15) is 38.7 Å². The van der Waals surface area contributed by atoms with E-state index in [9.17, 15) is 14.7 Å². The van der Waals surface area contributed by atoms with Crippen LogP contribution in [-0.2, 0) is 0 Å². The highest BCUT2D eigenvalue weighted by Gasteiger charge is 2.12. The smallest absolute Gasteiger partial charge is 0.203 e. The lowest BCUT2D eigenvalue weighted by Gasteiger charge is -2.13. The fraction of sp³-hybridized carbons (Fsp3) is 0.176. The SMILES string of the molecule is C=C(CC(=O)c1ccc(C)o1)Nc1ccc(C(=O)[O-])cc1C. The van der Waals surface area contributed by atoms with Gasteiger partial charge in [-0.3, -0.25) is 4.79 Å². The van der Waals surface area contributed by atoms with Crippen molar-refractivity contribution in [3.63, 3.8) is 0 Å². The zero-order chi connectivity index (χ0) is 16.3. The van der Waals surface area contributed by atoms with E-state index >= 15 is 0 Å². The topological polar surface area (TPSA) is 82.4 Å². The van der Waals surface area contributed by atoms with Crippen LogP contribution in [0.25, 0.3) is 0 Å². The van der Waals surface area contributed by atoms with Gasteiger partial charge in [0.1, 0.15) is 5.76 Å². The number of aryl methyl sites for hydroxylation is 2. The van der Waals surface area contributed by atoms with Gasteiger partial charge in [0.25, 0.3) is 0 Å². The molecule has 0 aliphatic rings. The molecule has 0 unspecified atom stereocenters. The van der Waals surface area contributed by atoms with E-state index in [0.29, 0.717) is 22.9 Å². The van der Waals surface area contributed by atoms with E-state index in [2.05, 4.69) is 11.9 Å². The van der Waals surface area contributed by atoms with Crippen LogP contribution in [0.15, 0.2) is 47.0 Å². The summed E-state index contributed by atoms with van der Waals surface area (Å²) in [5.74, 6) is -0.424. The zero-order valence-corrected chi connectivity index (χ0v) is 12.4. The lowest BCUT2D eigenvalue weighted by molar-refractivity contribution is -0.255. The maximum absolute atomic E-state index is 12.0. The molecule has 114 valence electrons. The average Bonchev–Trinajstić information content (AvgIpc) is 2.87. The summed E-state index contributed by atoms with van der Waals surface area (Å²) >= 11 is 0. The molecule has 0 bridgehead atoms. The summed E-state index contributed by atoms with van der Waals surface area (Å²) in [5.41, 5.74) is 2.03. The molecule has 1 aromatic heterocycles. The molecule has 5 heteroatoms. The van der Waals surface area contributed by atoms with Gasteiger partial charge in [0.05, 0.1) is 12.4 Å². The first kappa shape index (κ1) is 15.6. The van der Waals surface area contributed by atoms with E-state index in [0.717, 1.165) is 5.56 Å². The van der Waals surface area contributed by atoms with Crippen LogP contribution in [0.5, 0.6) is 0 Å². The summed E-state index contributed by atoms with van der Waals surface area (Å²) in [6.45, 7) is 7.35. The van der Waals surface area contributed by atoms with Crippen molar-refractivity contribution in [2.45, 2.75) is 20.3 Å². The Balaban J connectivity index is 2.03. The third kappa shape index (κ3) is 3.63. The number of carboxylic acids is 1. The molecule has 0 atom stereocenters. The molecule has 1 aromatic carbocycles. The van der Waals surface area contributed by atoms with E-state index in [1.54, 1.807) is 32.0 Å². The van der Waals surface area contributed by atoms with E-state index in [1.165, 1.54) is 12.1 Å². The molecule has 22 heavy (non-hydrogen) atoms. The molecule has 0 spiro atoms. The number of ketones is 1. The summed E-state index contributed by atoms with van der Waals surface area (Å²) in [6.07, 6.45) is 0.0919. The number of hydrogen-bond acceptors (Lipinski definition) is 5. The molecule has 0 fully saturated rings. The molecule has 1 N–H and O–H groups in total. The van der Waals surface area contributed by atoms with Gasteiger partial charge in [-0.05, 0) is 49.2 Å². The van der Waals surface area contributed by atoms with Gasteiger partial charge < -0.3 is 19.6 Å². The number of carbonyl (C=O) groups is 2. The Labute approximate surface area is 128 Å². The highest BCUT2D eigenvalue weighted by molar-refractivity contribution is 5.95. The molecule has 2 rings (SSSR count). The molecule has 0 aliphatic carbocycles. The van der Waals surface area contributed by atoms with E-state index in [1.807, 2.05) is 0 Å². The Hall–Kier alpha value is -2.82. The highest BCUT2D eigenvalue weighted by atomic mass is 16.4. The molecular formula is C17H16NO4-. The van der Waals surface area contributed by atoms with Crippen molar-refractivity contribution in [2.75, 3.05) is 5.32 Å². The van der Waals surface area contributed by atoms with Crippen LogP contribution >= 0.6 is 0 Å². The minimum Gasteiger partial charge on any atom is -0.545 e. The second-order valence-corrected chi connectivity index (χ2v) is 5.06. The molecule has 0 amide bonds. The van der Waals surface area contributed by atoms with Crippen LogP contribution in [0.3, 0.4) is 0 Å². The Bertz CT molecular complexity index is 743. The minimum atomic E-state index is -1.23. The molecule has 0 saturated heterocycles. The summed E-state index contributed by atoms with van der Waals surface area (Å²) in [4.78, 5) is 22.8. The number of benzene rings is 1. The number of allylic oxidation sites excluding steroid dienone is 1. The van der Waals surface area contributed by atoms with Gasteiger partial charge >= 0.3 is 0 Å². The van der Waals surface area contributed by atoms with Crippen molar-refractivity contribution in [1.82, 2.24) is 0 Å². The first-order valence-electron chi connectivity index (χ1n) is 6.73. The number of Topliss-reactive ketones (excluding diaryl/α,β-unsaturated/α-hetero) is 1. The van der Waals surface area contributed by atoms with Crippen LogP contribution in [0.4, 0.5) is 5.69 Å². The van der Waals surface area contributed by atoms with Gasteiger partial charge in [-0.25, -0.2) is 0 Å². The zero-order valence-electron chi connectivity index (χ0n) is 12.4. The second-order valence-electron chi connectivity index (χ2n) is 5.06. The van der Waals surface area contributed by atoms with Crippen molar-refractivity contribution < 1.29 is 19.1 Å². The van der Waals surface area contributed by atoms with Gasteiger partial charge in [-0.2, -0.15) is 0 Å². The van der Waals surface area contributed by atoms with Crippen molar-refractivity contribution in [2.24, 2.45) is 0 Å². The Morgan fingerprint density at radius 1 is 1.23 bits per heavy atom. The summed E-state index contributed by atoms with van der Waals surface area (Å²) in [7, 11) is 0. The van der Waals surface area contributed by atoms with Crippen LogP contribution in [0.2, 0.25) is 0 Å². The van der Waals surface area contributed by atoms with Gasteiger partial charge in [0.15, 0.2) is 5.76 Å². The van der Waals surface area contributed by atoms with E-state index in [-0.39, 0.29) is 17.8 Å². The lowest BCUT2D eigenvalue weighted by Crippen LogP contribution is -2.22. The van der Waals surface area contributed by atoms with Crippen LogP contribution < -0.4 is 10.4 Å². The Morgan fingerprint density at radius 3 is 2.50 bits per heavy atom. The van der Waals surface area contributed by atoms with Crippen molar-refractivity contribution >= 4 is 17.4 Å². The number of nitrogens with one attached hydrogen (secondary N) is 1. The first-order chi connectivity index (χ1) is 10.4. The number of carboxylic acid groups (broad SMARTS) is 1. The first-order valence-corrected chi connectivity index (χ1v) is 6.73. The predicted molar refractivity (Wildman–Crippen MR) is 80.7 cm³/mol. The van der Waals surface area contributed by atoms with Crippen LogP contribution in [0, 0.1) is 13.8 Å². The van der Waals surface area contributed by atoms with Crippen molar-refractivity contribution in [1.29, 1.82) is 0 Å². The maximum atomic E-state index is 12.0. The fourth-order valence-corrected chi connectivity index (χ4v) is 2.03. The maximum Gasteiger partial charge on any atom is 0.203 e. The minimum absolute atomic E-state index is 0.0919. The summed E-state index contributed by atoms with van der Waals surface area (Å²) in [6, 6.07) is 7.92. The molecule has 0 radical (unpaired) electrons. The normalized spacial score (nSPS) is 10.3. The molecule has 2 aromatic rings. The number of rotatable bonds is 6. The quantitative estimate of drug-likeness (QED) is 0.828. The monoisotopic (exact) mass is 298 g/mol. The second kappa shape index (κ2) is 6.30. The average molecular weight is 298 g/mol. The van der Waals surface area contributed by atoms with E-state index < -0.39 is 5.97 Å². The van der Waals surface area contributed by atoms with Crippen molar-refractivity contribution in [3.8, 4) is 0 Å². The lowest BCUT2D eigenvalue weighted by atomic mass is 10.1. The predicted octanol–water partition coefficient (Wildman–Crippen LogP) is 2.46. The molecule has 5 nitrogen and oxygen atoms in total. The molecular weight excluding hydrogens is 282 g/mol. The standard InChI is InChI=1S/C17H17NO4/c1-10-8-13(17(20)21)5-6-14(10)18-11(2)9-15(19)16-7-4-12(3)22-16/h4-8,18H,2,9H2,1,3H3,(H,20,21)/p-1. The number of hydrogen-bond donors (Lipinski definition) is 1. The van der Waals surface area contributed by atoms with Gasteiger partial charge in [-0.1, -0.05) is 12.6 Å². The number of anilines is 1. The third-order valence-electron chi connectivity index (χ3n) is 3.16. The van der Waals surface area contributed by atoms with E-state index in [4.69, 9.17) is 4.42 Å². The highest BCUT2D eigenvalue weighted by Crippen LogP contribution is 2.20. The summed E-state index contributed by atoms with van der Waals surface area (Å²) < 4.78 is 5.27. The van der Waals surface area contributed by atoms with Gasteiger partial charge in [0, 0.05) is 11.4 Å². The Morgan fingerprint density at radius 2 is 1.95 bits per heavy atom. The van der Waals surface area contributed by atoms with Gasteiger partial charge in [-0.15, -0.1) is 0 Å². The Kier molecular flexibility index (Phi) is 4.46.